The number of benzene rings is 2. The van der Waals surface area contributed by atoms with E-state index in [-0.39, 0.29) is 49.5 Å². The molecule has 2 aliphatic carbocycles. The molecule has 2 saturated carbocycles. The van der Waals surface area contributed by atoms with Gasteiger partial charge in [0.15, 0.2) is 11.6 Å². The zero-order valence-corrected chi connectivity index (χ0v) is 32.1. The van der Waals surface area contributed by atoms with Crippen LogP contribution in [0.25, 0.3) is 11.0 Å². The number of carbonyl (C=O) groups is 2. The number of anilines is 1. The average Bonchev–Trinajstić information content (AvgIpc) is 3.47. The second-order valence-corrected chi connectivity index (χ2v) is 17.4. The molecule has 0 spiro atoms. The molecule has 2 amide bonds. The molecule has 5 aliphatic rings. The van der Waals surface area contributed by atoms with Crippen LogP contribution in [-0.4, -0.2) is 107 Å². The third-order valence-corrected chi connectivity index (χ3v) is 13.7. The standard InChI is InChI=1S/C39H48FN5O8S/c1-22-15-32(43-14-13-42(3)26(19-43)21-51-4)23(2)35-33(22)28-9-12-44(20-31(28)39(48)53-35)38(47)29-7-8-30(37(46)41-54(49,50)45-10-5-6-11-45)36(34(29)40)52-27-17-24-16-25(24)18-27/h7-8,15,24-27H,5-6,9-14,16-21H2,1-4H3,(H,41,46)/t24-,25+,26-,27?/m1/s1. The fourth-order valence-electron chi connectivity index (χ4n) is 9.06. The SMILES string of the molecule is COC[C@H]1CN(c2cc(C)c3c4c(c(=O)oc3c2C)CN(C(=O)c2ccc(C(=O)NS(=O)(=O)N3CCCC3)c(OC3C[C@@H]5C[C@@H]5C3)c2F)CC4)CCN1C. The van der Waals surface area contributed by atoms with E-state index in [0.29, 0.717) is 61.7 Å². The number of nitrogens with zero attached hydrogens (tertiary/aromatic N) is 4. The van der Waals surface area contributed by atoms with Gasteiger partial charge < -0.3 is 23.7 Å². The van der Waals surface area contributed by atoms with E-state index < -0.39 is 39.2 Å². The summed E-state index contributed by atoms with van der Waals surface area (Å²) < 4.78 is 63.3. The molecular weight excluding hydrogens is 718 g/mol. The van der Waals surface area contributed by atoms with Crippen molar-refractivity contribution in [1.29, 1.82) is 0 Å². The molecule has 2 saturated heterocycles. The lowest BCUT2D eigenvalue weighted by Gasteiger charge is -2.41. The van der Waals surface area contributed by atoms with Gasteiger partial charge in [0.2, 0.25) is 0 Å². The Balaban J connectivity index is 1.07. The molecule has 4 heterocycles. The van der Waals surface area contributed by atoms with Crippen molar-refractivity contribution in [3.05, 3.63) is 67.8 Å². The lowest BCUT2D eigenvalue weighted by atomic mass is 9.92. The number of fused-ring (bicyclic) bond motifs is 4. The minimum absolute atomic E-state index is 0.0816. The van der Waals surface area contributed by atoms with Crippen LogP contribution in [0.1, 0.15) is 75.1 Å². The highest BCUT2D eigenvalue weighted by Crippen LogP contribution is 2.53. The van der Waals surface area contributed by atoms with Gasteiger partial charge in [-0.1, -0.05) is 0 Å². The Bertz CT molecular complexity index is 2180. The quantitative estimate of drug-likeness (QED) is 0.320. The summed E-state index contributed by atoms with van der Waals surface area (Å²) in [4.78, 5) is 47.1. The van der Waals surface area contributed by atoms with Crippen LogP contribution in [0.3, 0.4) is 0 Å². The van der Waals surface area contributed by atoms with Crippen molar-refractivity contribution >= 4 is 38.7 Å². The number of piperazine rings is 1. The summed E-state index contributed by atoms with van der Waals surface area (Å²) in [5.74, 6) is -2.17. The molecule has 0 radical (unpaired) electrons. The van der Waals surface area contributed by atoms with Crippen LogP contribution in [0.4, 0.5) is 10.1 Å². The molecule has 2 aromatic carbocycles. The van der Waals surface area contributed by atoms with E-state index in [2.05, 4.69) is 27.6 Å². The van der Waals surface area contributed by atoms with Gasteiger partial charge in [0.25, 0.3) is 11.8 Å². The maximum Gasteiger partial charge on any atom is 0.341 e. The maximum absolute atomic E-state index is 16.5. The summed E-state index contributed by atoms with van der Waals surface area (Å²) >= 11 is 0. The number of hydrogen-bond donors (Lipinski definition) is 1. The van der Waals surface area contributed by atoms with Crippen molar-refractivity contribution in [2.75, 3.05) is 64.9 Å². The molecule has 3 aromatic rings. The van der Waals surface area contributed by atoms with Crippen LogP contribution in [-0.2, 0) is 27.9 Å². The maximum atomic E-state index is 16.5. The van der Waals surface area contributed by atoms with Crippen LogP contribution in [0, 0.1) is 31.5 Å². The van der Waals surface area contributed by atoms with E-state index in [1.165, 1.54) is 21.3 Å². The molecular formula is C39H48FN5O8S. The van der Waals surface area contributed by atoms with Crippen molar-refractivity contribution in [1.82, 2.24) is 18.8 Å². The number of aryl methyl sites for hydroxylation is 2. The van der Waals surface area contributed by atoms with Gasteiger partial charge in [0.05, 0.1) is 42.0 Å². The van der Waals surface area contributed by atoms with Crippen LogP contribution >= 0.6 is 0 Å². The molecule has 3 aliphatic heterocycles. The van der Waals surface area contributed by atoms with Crippen LogP contribution in [0.15, 0.2) is 27.4 Å². The summed E-state index contributed by atoms with van der Waals surface area (Å²) in [7, 11) is -0.347. The van der Waals surface area contributed by atoms with Gasteiger partial charge in [-0.2, -0.15) is 12.7 Å². The monoisotopic (exact) mass is 765 g/mol. The Morgan fingerprint density at radius 3 is 2.44 bits per heavy atom. The Morgan fingerprint density at radius 1 is 1.00 bits per heavy atom. The summed E-state index contributed by atoms with van der Waals surface area (Å²) in [5.41, 5.74) is 3.40. The summed E-state index contributed by atoms with van der Waals surface area (Å²) in [6.07, 6.45) is 3.87. The molecule has 4 fully saturated rings. The highest BCUT2D eigenvalue weighted by molar-refractivity contribution is 7.87. The topological polar surface area (TPSA) is 142 Å². The molecule has 1 N–H and O–H groups in total. The van der Waals surface area contributed by atoms with Gasteiger partial charge in [0, 0.05) is 63.0 Å². The Hall–Kier alpha value is -4.05. The first-order valence-electron chi connectivity index (χ1n) is 19.0. The van der Waals surface area contributed by atoms with Crippen molar-refractivity contribution in [3.8, 4) is 5.75 Å². The van der Waals surface area contributed by atoms with Crippen LogP contribution in [0.2, 0.25) is 0 Å². The number of hydrogen-bond acceptors (Lipinski definition) is 10. The van der Waals surface area contributed by atoms with Crippen molar-refractivity contribution in [2.45, 2.75) is 71.1 Å². The van der Waals surface area contributed by atoms with E-state index in [1.807, 2.05) is 13.8 Å². The number of nitrogens with one attached hydrogen (secondary N) is 1. The highest BCUT2D eigenvalue weighted by Gasteiger charge is 2.47. The van der Waals surface area contributed by atoms with Crippen molar-refractivity contribution in [2.24, 2.45) is 11.8 Å². The minimum Gasteiger partial charge on any atom is -0.486 e. The molecule has 8 rings (SSSR count). The Morgan fingerprint density at radius 2 is 1.72 bits per heavy atom. The zero-order valence-electron chi connectivity index (χ0n) is 31.3. The number of rotatable bonds is 9. The van der Waals surface area contributed by atoms with Gasteiger partial charge in [-0.3, -0.25) is 14.5 Å². The minimum atomic E-state index is -4.15. The first-order chi connectivity index (χ1) is 25.8. The predicted molar refractivity (Wildman–Crippen MR) is 200 cm³/mol. The van der Waals surface area contributed by atoms with E-state index in [9.17, 15) is 22.8 Å². The number of amides is 2. The summed E-state index contributed by atoms with van der Waals surface area (Å²) in [6.45, 7) is 7.77. The molecule has 1 aromatic heterocycles. The van der Waals surface area contributed by atoms with E-state index in [0.717, 1.165) is 53.8 Å². The average molecular weight is 766 g/mol. The lowest BCUT2D eigenvalue weighted by Crippen LogP contribution is -2.53. The molecule has 54 heavy (non-hydrogen) atoms. The third-order valence-electron chi connectivity index (χ3n) is 12.2. The molecule has 1 unspecified atom stereocenters. The second-order valence-electron chi connectivity index (χ2n) is 15.7. The normalized spacial score (nSPS) is 24.5. The van der Waals surface area contributed by atoms with E-state index >= 15 is 4.39 Å². The molecule has 13 nitrogen and oxygen atoms in total. The van der Waals surface area contributed by atoms with Crippen molar-refractivity contribution in [3.63, 3.8) is 0 Å². The Labute approximate surface area is 314 Å². The zero-order chi connectivity index (χ0) is 38.1. The Kier molecular flexibility index (Phi) is 9.72. The van der Waals surface area contributed by atoms with Gasteiger partial charge in [-0.05, 0) is 101 Å². The fraction of sp³-hybridized carbons (Fsp3) is 0.564. The second kappa shape index (κ2) is 14.2. The third kappa shape index (κ3) is 6.66. The van der Waals surface area contributed by atoms with E-state index in [1.54, 1.807) is 7.11 Å². The van der Waals surface area contributed by atoms with Crippen LogP contribution < -0.4 is 20.0 Å². The largest absolute Gasteiger partial charge is 0.486 e. The lowest BCUT2D eigenvalue weighted by molar-refractivity contribution is 0.0725. The number of ether oxygens (including phenoxy) is 2. The number of halogens is 1. The highest BCUT2D eigenvalue weighted by atomic mass is 32.2. The summed E-state index contributed by atoms with van der Waals surface area (Å²) in [5, 5.41) is 0.858. The van der Waals surface area contributed by atoms with E-state index in [4.69, 9.17) is 13.9 Å². The smallest absolute Gasteiger partial charge is 0.341 e. The van der Waals surface area contributed by atoms with Crippen LogP contribution in [0.5, 0.6) is 5.75 Å². The molecule has 4 atom stereocenters. The number of likely N-dealkylation sites (N-methyl/N-ethyl adjacent to an activating group) is 1. The molecule has 290 valence electrons. The predicted octanol–water partition coefficient (Wildman–Crippen LogP) is 3.76. The fourth-order valence-corrected chi connectivity index (χ4v) is 10.3. The number of carbonyl (C=O) groups excluding carboxylic acids is 2. The first-order valence-corrected chi connectivity index (χ1v) is 20.4. The van der Waals surface area contributed by atoms with Gasteiger partial charge >= 0.3 is 15.8 Å². The first kappa shape index (κ1) is 36.9. The van der Waals surface area contributed by atoms with Gasteiger partial charge in [-0.25, -0.2) is 13.9 Å². The van der Waals surface area contributed by atoms with Gasteiger partial charge in [0.1, 0.15) is 5.58 Å². The molecule has 0 bridgehead atoms. The van der Waals surface area contributed by atoms with Crippen molar-refractivity contribution < 1.29 is 36.3 Å². The van der Waals surface area contributed by atoms with Gasteiger partial charge in [-0.15, -0.1) is 0 Å². The molecule has 15 heteroatoms. The number of methoxy groups -OCH3 is 1. The summed E-state index contributed by atoms with van der Waals surface area (Å²) in [6, 6.07) is 4.81.